The first-order valence-corrected chi connectivity index (χ1v) is 5.86. The minimum Gasteiger partial charge on any atom is -0.337 e. The lowest BCUT2D eigenvalue weighted by Gasteiger charge is -2.35. The van der Waals surface area contributed by atoms with Crippen molar-refractivity contribution in [3.8, 4) is 0 Å². The lowest BCUT2D eigenvalue weighted by Crippen LogP contribution is -2.47. The molecule has 88 valence electrons. The molecule has 1 aromatic rings. The summed E-state index contributed by atoms with van der Waals surface area (Å²) >= 11 is 0. The summed E-state index contributed by atoms with van der Waals surface area (Å²) in [6.07, 6.45) is 6.91. The number of imidazole rings is 1. The SMILES string of the molecule is C=CCCN1CCNCC1c1nccn1C. The van der Waals surface area contributed by atoms with Gasteiger partial charge in [-0.05, 0) is 6.42 Å². The molecule has 1 fully saturated rings. The quantitative estimate of drug-likeness (QED) is 0.767. The van der Waals surface area contributed by atoms with Gasteiger partial charge in [-0.25, -0.2) is 4.98 Å². The van der Waals surface area contributed by atoms with Gasteiger partial charge in [0.15, 0.2) is 0 Å². The van der Waals surface area contributed by atoms with Crippen molar-refractivity contribution in [1.82, 2.24) is 19.8 Å². The van der Waals surface area contributed by atoms with Crippen molar-refractivity contribution in [1.29, 1.82) is 0 Å². The minimum atomic E-state index is 0.397. The van der Waals surface area contributed by atoms with E-state index in [0.717, 1.165) is 38.4 Å². The van der Waals surface area contributed by atoms with Crippen LogP contribution in [0, 0.1) is 0 Å². The van der Waals surface area contributed by atoms with Crippen molar-refractivity contribution >= 4 is 0 Å². The molecule has 2 heterocycles. The first-order chi connectivity index (χ1) is 7.83. The zero-order valence-corrected chi connectivity index (χ0v) is 9.89. The molecule has 1 N–H and O–H groups in total. The van der Waals surface area contributed by atoms with E-state index in [4.69, 9.17) is 0 Å². The number of aryl methyl sites for hydroxylation is 1. The molecule has 16 heavy (non-hydrogen) atoms. The van der Waals surface area contributed by atoms with Gasteiger partial charge in [-0.15, -0.1) is 6.58 Å². The highest BCUT2D eigenvalue weighted by atomic mass is 15.3. The number of hydrogen-bond donors (Lipinski definition) is 1. The van der Waals surface area contributed by atoms with E-state index in [2.05, 4.69) is 33.4 Å². The smallest absolute Gasteiger partial charge is 0.127 e. The Kier molecular flexibility index (Phi) is 3.74. The molecule has 1 aliphatic rings. The molecule has 4 heteroatoms. The largest absolute Gasteiger partial charge is 0.337 e. The molecule has 4 nitrogen and oxygen atoms in total. The first-order valence-electron chi connectivity index (χ1n) is 5.86. The third-order valence-corrected chi connectivity index (χ3v) is 3.13. The van der Waals surface area contributed by atoms with Gasteiger partial charge in [0.1, 0.15) is 5.82 Å². The maximum Gasteiger partial charge on any atom is 0.127 e. The van der Waals surface area contributed by atoms with Crippen molar-refractivity contribution in [3.05, 3.63) is 30.9 Å². The summed E-state index contributed by atoms with van der Waals surface area (Å²) in [6, 6.07) is 0.397. The Balaban J connectivity index is 2.10. The number of piperazine rings is 1. The van der Waals surface area contributed by atoms with E-state index in [0.29, 0.717) is 6.04 Å². The fraction of sp³-hybridized carbons (Fsp3) is 0.583. The Labute approximate surface area is 97.0 Å². The summed E-state index contributed by atoms with van der Waals surface area (Å²) in [7, 11) is 2.06. The summed E-state index contributed by atoms with van der Waals surface area (Å²) in [5.74, 6) is 1.15. The second kappa shape index (κ2) is 5.27. The number of nitrogens with zero attached hydrogens (tertiary/aromatic N) is 3. The Hall–Kier alpha value is -1.13. The lowest BCUT2D eigenvalue weighted by atomic mass is 10.1. The molecule has 1 atom stereocenters. The first kappa shape index (κ1) is 11.4. The molecule has 0 radical (unpaired) electrons. The molecule has 1 saturated heterocycles. The Morgan fingerprint density at radius 2 is 2.56 bits per heavy atom. The van der Waals surface area contributed by atoms with Gasteiger partial charge in [0.25, 0.3) is 0 Å². The van der Waals surface area contributed by atoms with Crippen LogP contribution in [-0.4, -0.2) is 40.6 Å². The highest BCUT2D eigenvalue weighted by molar-refractivity contribution is 5.02. The molecule has 1 aliphatic heterocycles. The number of nitrogens with one attached hydrogen (secondary N) is 1. The van der Waals surface area contributed by atoms with E-state index >= 15 is 0 Å². The summed E-state index contributed by atoms with van der Waals surface area (Å²) in [5.41, 5.74) is 0. The fourth-order valence-corrected chi connectivity index (χ4v) is 2.22. The molecule has 1 unspecified atom stereocenters. The van der Waals surface area contributed by atoms with Crippen LogP contribution in [0.3, 0.4) is 0 Å². The highest BCUT2D eigenvalue weighted by Gasteiger charge is 2.25. The molecule has 0 saturated carbocycles. The molecule has 1 aromatic heterocycles. The number of hydrogen-bond acceptors (Lipinski definition) is 3. The van der Waals surface area contributed by atoms with Crippen LogP contribution in [0.5, 0.6) is 0 Å². The minimum absolute atomic E-state index is 0.397. The van der Waals surface area contributed by atoms with Crippen LogP contribution in [0.4, 0.5) is 0 Å². The van der Waals surface area contributed by atoms with E-state index in [-0.39, 0.29) is 0 Å². The van der Waals surface area contributed by atoms with Gasteiger partial charge < -0.3 is 9.88 Å². The van der Waals surface area contributed by atoms with Crippen LogP contribution in [-0.2, 0) is 7.05 Å². The van der Waals surface area contributed by atoms with Crippen LogP contribution in [0.1, 0.15) is 18.3 Å². The maximum atomic E-state index is 4.45. The molecule has 0 aliphatic carbocycles. The monoisotopic (exact) mass is 220 g/mol. The molecule has 2 rings (SSSR count). The summed E-state index contributed by atoms with van der Waals surface area (Å²) < 4.78 is 2.11. The van der Waals surface area contributed by atoms with Gasteiger partial charge in [0.2, 0.25) is 0 Å². The molecule has 0 bridgehead atoms. The average molecular weight is 220 g/mol. The van der Waals surface area contributed by atoms with E-state index in [9.17, 15) is 0 Å². The zero-order chi connectivity index (χ0) is 11.4. The topological polar surface area (TPSA) is 33.1 Å². The molecule has 0 spiro atoms. The van der Waals surface area contributed by atoms with E-state index in [1.807, 2.05) is 18.5 Å². The summed E-state index contributed by atoms with van der Waals surface area (Å²) in [6.45, 7) is 8.00. The van der Waals surface area contributed by atoms with Gasteiger partial charge in [-0.1, -0.05) is 6.08 Å². The van der Waals surface area contributed by atoms with Gasteiger partial charge in [0, 0.05) is 45.6 Å². The van der Waals surface area contributed by atoms with Crippen LogP contribution >= 0.6 is 0 Å². The van der Waals surface area contributed by atoms with E-state index in [1.54, 1.807) is 0 Å². The third kappa shape index (κ3) is 2.33. The van der Waals surface area contributed by atoms with E-state index < -0.39 is 0 Å². The van der Waals surface area contributed by atoms with Crippen molar-refractivity contribution in [2.75, 3.05) is 26.2 Å². The van der Waals surface area contributed by atoms with Crippen LogP contribution in [0.2, 0.25) is 0 Å². The van der Waals surface area contributed by atoms with Crippen molar-refractivity contribution in [2.24, 2.45) is 7.05 Å². The zero-order valence-electron chi connectivity index (χ0n) is 9.89. The molecule has 0 amide bonds. The average Bonchev–Trinajstić information content (AvgIpc) is 2.73. The summed E-state index contributed by atoms with van der Waals surface area (Å²) in [4.78, 5) is 6.94. The highest BCUT2D eigenvalue weighted by Crippen LogP contribution is 2.20. The Morgan fingerprint density at radius 1 is 1.69 bits per heavy atom. The predicted octanol–water partition coefficient (Wildman–Crippen LogP) is 0.942. The molecule has 0 aromatic carbocycles. The predicted molar refractivity (Wildman–Crippen MR) is 65.2 cm³/mol. The lowest BCUT2D eigenvalue weighted by molar-refractivity contribution is 0.156. The van der Waals surface area contributed by atoms with Crippen molar-refractivity contribution in [2.45, 2.75) is 12.5 Å². The molecular weight excluding hydrogens is 200 g/mol. The third-order valence-electron chi connectivity index (χ3n) is 3.13. The van der Waals surface area contributed by atoms with Crippen LogP contribution < -0.4 is 5.32 Å². The number of rotatable bonds is 4. The van der Waals surface area contributed by atoms with Crippen LogP contribution in [0.15, 0.2) is 25.0 Å². The van der Waals surface area contributed by atoms with E-state index in [1.165, 1.54) is 0 Å². The van der Waals surface area contributed by atoms with Gasteiger partial charge >= 0.3 is 0 Å². The van der Waals surface area contributed by atoms with Gasteiger partial charge in [-0.2, -0.15) is 0 Å². The van der Waals surface area contributed by atoms with Crippen molar-refractivity contribution < 1.29 is 0 Å². The summed E-state index contributed by atoms with van der Waals surface area (Å²) in [5, 5.41) is 3.44. The second-order valence-electron chi connectivity index (χ2n) is 4.23. The number of aromatic nitrogens is 2. The Morgan fingerprint density at radius 3 is 3.25 bits per heavy atom. The van der Waals surface area contributed by atoms with Gasteiger partial charge in [0.05, 0.1) is 6.04 Å². The Bertz CT molecular complexity index is 345. The molecular formula is C12H20N4. The standard InChI is InChI=1S/C12H20N4/c1-3-4-7-16-9-5-13-10-11(16)12-14-6-8-15(12)2/h3,6,8,11,13H,1,4-5,7,9-10H2,2H3. The van der Waals surface area contributed by atoms with Crippen molar-refractivity contribution in [3.63, 3.8) is 0 Å². The maximum absolute atomic E-state index is 4.45. The van der Waals surface area contributed by atoms with Crippen LogP contribution in [0.25, 0.3) is 0 Å². The second-order valence-corrected chi connectivity index (χ2v) is 4.23. The normalized spacial score (nSPS) is 22.2. The fourth-order valence-electron chi connectivity index (χ4n) is 2.22. The van der Waals surface area contributed by atoms with Gasteiger partial charge in [-0.3, -0.25) is 4.90 Å².